The summed E-state index contributed by atoms with van der Waals surface area (Å²) in [5.74, 6) is 1.45. The average molecular weight is 380 g/mol. The number of nitrogens with one attached hydrogen (secondary N) is 1. The van der Waals surface area contributed by atoms with Gasteiger partial charge in [0.05, 0.1) is 0 Å². The number of piperazine rings is 1. The molecule has 2 heterocycles. The van der Waals surface area contributed by atoms with E-state index in [-0.39, 0.29) is 0 Å². The molecular weight excluding hydrogens is 361 g/mol. The Bertz CT molecular complexity index is 735. The van der Waals surface area contributed by atoms with Crippen molar-refractivity contribution in [3.63, 3.8) is 0 Å². The number of aromatic nitrogens is 2. The molecule has 8 heteroatoms. The highest BCUT2D eigenvalue weighted by molar-refractivity contribution is 6.35. The first-order valence-electron chi connectivity index (χ1n) is 8.11. The molecule has 1 fully saturated rings. The van der Waals surface area contributed by atoms with E-state index in [9.17, 15) is 4.79 Å². The van der Waals surface area contributed by atoms with Crippen molar-refractivity contribution in [2.75, 3.05) is 42.9 Å². The Hall–Kier alpha value is -2.05. The molecule has 132 valence electrons. The quantitative estimate of drug-likeness (QED) is 0.781. The van der Waals surface area contributed by atoms with Gasteiger partial charge < -0.3 is 15.1 Å². The van der Waals surface area contributed by atoms with Gasteiger partial charge in [-0.2, -0.15) is 4.98 Å². The zero-order valence-electron chi connectivity index (χ0n) is 13.7. The van der Waals surface area contributed by atoms with Crippen LogP contribution in [0.5, 0.6) is 0 Å². The van der Waals surface area contributed by atoms with Gasteiger partial charge in [0.15, 0.2) is 0 Å². The topological polar surface area (TPSA) is 61.4 Å². The smallest absolute Gasteiger partial charge is 0.227 e. The van der Waals surface area contributed by atoms with Crippen molar-refractivity contribution >= 4 is 41.4 Å². The van der Waals surface area contributed by atoms with Crippen LogP contribution in [-0.2, 0) is 11.2 Å². The van der Waals surface area contributed by atoms with Gasteiger partial charge in [-0.1, -0.05) is 29.3 Å². The van der Waals surface area contributed by atoms with Crippen molar-refractivity contribution in [2.45, 2.75) is 6.42 Å². The summed E-state index contributed by atoms with van der Waals surface area (Å²) in [5.41, 5.74) is 1.04. The Labute approximate surface area is 156 Å². The van der Waals surface area contributed by atoms with Gasteiger partial charge in [0, 0.05) is 49.0 Å². The minimum atomic E-state index is 0.636. The maximum Gasteiger partial charge on any atom is 0.227 e. The lowest BCUT2D eigenvalue weighted by Gasteiger charge is -2.32. The van der Waals surface area contributed by atoms with E-state index in [1.807, 2.05) is 18.2 Å². The predicted molar refractivity (Wildman–Crippen MR) is 101 cm³/mol. The van der Waals surface area contributed by atoms with E-state index >= 15 is 0 Å². The lowest BCUT2D eigenvalue weighted by atomic mass is 10.1. The molecule has 0 aliphatic carbocycles. The first-order chi connectivity index (χ1) is 12.2. The molecule has 0 unspecified atom stereocenters. The van der Waals surface area contributed by atoms with Gasteiger partial charge in [0.2, 0.25) is 12.4 Å². The second-order valence-electron chi connectivity index (χ2n) is 5.78. The minimum absolute atomic E-state index is 0.636. The number of rotatable bonds is 6. The van der Waals surface area contributed by atoms with Crippen LogP contribution in [-0.4, -0.2) is 54.0 Å². The molecule has 3 rings (SSSR count). The normalized spacial score (nSPS) is 14.5. The molecule has 0 saturated carbocycles. The van der Waals surface area contributed by atoms with Gasteiger partial charge in [-0.25, -0.2) is 4.98 Å². The number of nitrogens with zero attached hydrogens (tertiary/aromatic N) is 4. The Kier molecular flexibility index (Phi) is 5.94. The molecule has 0 radical (unpaired) electrons. The molecule has 0 atom stereocenters. The number of amides is 1. The van der Waals surface area contributed by atoms with Crippen LogP contribution in [0.2, 0.25) is 10.0 Å². The molecular formula is C17H19Cl2N5O. The molecule has 1 aromatic carbocycles. The number of halogens is 2. The number of hydrogen-bond acceptors (Lipinski definition) is 5. The van der Waals surface area contributed by atoms with Crippen LogP contribution in [0.1, 0.15) is 5.56 Å². The van der Waals surface area contributed by atoms with Crippen molar-refractivity contribution in [1.82, 2.24) is 14.9 Å². The zero-order valence-corrected chi connectivity index (χ0v) is 15.2. The fraction of sp³-hybridized carbons (Fsp3) is 0.353. The second-order valence-corrected chi connectivity index (χ2v) is 6.63. The van der Waals surface area contributed by atoms with Crippen LogP contribution in [0.4, 0.5) is 11.8 Å². The third-order valence-electron chi connectivity index (χ3n) is 4.10. The summed E-state index contributed by atoms with van der Waals surface area (Å²) in [5, 5.41) is 4.61. The van der Waals surface area contributed by atoms with E-state index in [1.54, 1.807) is 17.2 Å². The molecule has 1 aliphatic heterocycles. The van der Waals surface area contributed by atoms with Gasteiger partial charge in [-0.05, 0) is 30.2 Å². The number of anilines is 2. The summed E-state index contributed by atoms with van der Waals surface area (Å²) < 4.78 is 0. The molecule has 1 aliphatic rings. The Morgan fingerprint density at radius 3 is 2.68 bits per heavy atom. The minimum Gasteiger partial charge on any atom is -0.370 e. The van der Waals surface area contributed by atoms with E-state index in [4.69, 9.17) is 23.2 Å². The number of carbonyl (C=O) groups excluding carboxylic acids is 1. The largest absolute Gasteiger partial charge is 0.370 e. The molecule has 1 N–H and O–H groups in total. The van der Waals surface area contributed by atoms with Crippen LogP contribution >= 0.6 is 23.2 Å². The lowest BCUT2D eigenvalue weighted by Crippen LogP contribution is -2.46. The second kappa shape index (κ2) is 8.36. The average Bonchev–Trinajstić information content (AvgIpc) is 2.64. The first kappa shape index (κ1) is 17.8. The number of hydrogen-bond donors (Lipinski definition) is 1. The van der Waals surface area contributed by atoms with E-state index in [0.717, 1.165) is 37.3 Å². The molecule has 0 bridgehead atoms. The molecule has 0 spiro atoms. The molecule has 1 saturated heterocycles. The van der Waals surface area contributed by atoms with Crippen molar-refractivity contribution in [3.8, 4) is 0 Å². The maximum atomic E-state index is 10.8. The highest BCUT2D eigenvalue weighted by Gasteiger charge is 2.17. The molecule has 1 aromatic heterocycles. The van der Waals surface area contributed by atoms with Crippen molar-refractivity contribution < 1.29 is 4.79 Å². The highest BCUT2D eigenvalue weighted by atomic mass is 35.5. The van der Waals surface area contributed by atoms with Crippen LogP contribution in [0.3, 0.4) is 0 Å². The summed E-state index contributed by atoms with van der Waals surface area (Å²) in [6, 6.07) is 7.36. The Morgan fingerprint density at radius 1 is 1.16 bits per heavy atom. The first-order valence-corrected chi connectivity index (χ1v) is 8.86. The van der Waals surface area contributed by atoms with Crippen LogP contribution < -0.4 is 10.2 Å². The van der Waals surface area contributed by atoms with Crippen LogP contribution in [0.15, 0.2) is 30.5 Å². The van der Waals surface area contributed by atoms with Gasteiger partial charge >= 0.3 is 0 Å². The van der Waals surface area contributed by atoms with Gasteiger partial charge in [-0.3, -0.25) is 4.79 Å². The predicted octanol–water partition coefficient (Wildman–Crippen LogP) is 2.72. The highest BCUT2D eigenvalue weighted by Crippen LogP contribution is 2.21. The maximum absolute atomic E-state index is 10.8. The van der Waals surface area contributed by atoms with Gasteiger partial charge in [0.1, 0.15) is 5.82 Å². The summed E-state index contributed by atoms with van der Waals surface area (Å²) in [4.78, 5) is 23.5. The van der Waals surface area contributed by atoms with Gasteiger partial charge in [0.25, 0.3) is 0 Å². The van der Waals surface area contributed by atoms with Crippen molar-refractivity contribution in [3.05, 3.63) is 46.1 Å². The fourth-order valence-electron chi connectivity index (χ4n) is 2.68. The van der Waals surface area contributed by atoms with E-state index < -0.39 is 0 Å². The lowest BCUT2D eigenvalue weighted by molar-refractivity contribution is -0.118. The third kappa shape index (κ3) is 4.74. The van der Waals surface area contributed by atoms with Gasteiger partial charge in [-0.15, -0.1) is 0 Å². The number of carbonyl (C=O) groups is 1. The summed E-state index contributed by atoms with van der Waals surface area (Å²) >= 11 is 12.1. The van der Waals surface area contributed by atoms with E-state index in [2.05, 4.69) is 20.2 Å². The Morgan fingerprint density at radius 2 is 1.96 bits per heavy atom. The standard InChI is InChI=1S/C17H19Cl2N5O/c18-14-2-1-13(15(19)11-14)3-5-20-16-4-6-21-17(22-16)24-9-7-23(12-25)8-10-24/h1-2,4,6,11-12H,3,5,7-10H2,(H,20,21,22). The van der Waals surface area contributed by atoms with Crippen molar-refractivity contribution in [1.29, 1.82) is 0 Å². The van der Waals surface area contributed by atoms with E-state index in [1.165, 1.54) is 0 Å². The van der Waals surface area contributed by atoms with E-state index in [0.29, 0.717) is 35.6 Å². The van der Waals surface area contributed by atoms with Crippen LogP contribution in [0, 0.1) is 0 Å². The van der Waals surface area contributed by atoms with Crippen LogP contribution in [0.25, 0.3) is 0 Å². The Balaban J connectivity index is 1.56. The summed E-state index contributed by atoms with van der Waals surface area (Å²) in [7, 11) is 0. The summed E-state index contributed by atoms with van der Waals surface area (Å²) in [6.45, 7) is 3.57. The molecule has 6 nitrogen and oxygen atoms in total. The zero-order chi connectivity index (χ0) is 17.6. The SMILES string of the molecule is O=CN1CCN(c2nccc(NCCc3ccc(Cl)cc3Cl)n2)CC1. The monoisotopic (exact) mass is 379 g/mol. The molecule has 25 heavy (non-hydrogen) atoms. The fourth-order valence-corrected chi connectivity index (χ4v) is 3.18. The molecule has 1 amide bonds. The summed E-state index contributed by atoms with van der Waals surface area (Å²) in [6.07, 6.45) is 3.40. The third-order valence-corrected chi connectivity index (χ3v) is 4.69. The van der Waals surface area contributed by atoms with Crippen molar-refractivity contribution in [2.24, 2.45) is 0 Å². The molecule has 2 aromatic rings. The number of benzene rings is 1.